The summed E-state index contributed by atoms with van der Waals surface area (Å²) in [7, 11) is 3.99. The number of hydrogen-bond acceptors (Lipinski definition) is 4. The fraction of sp³-hybridized carbons (Fsp3) is 0.462. The molecule has 1 atom stereocenters. The quantitative estimate of drug-likeness (QED) is 0.674. The highest BCUT2D eigenvalue weighted by Gasteiger charge is 2.30. The summed E-state index contributed by atoms with van der Waals surface area (Å²) < 4.78 is 5.86. The monoisotopic (exact) mass is 435 g/mol. The second kappa shape index (κ2) is 9.74. The Morgan fingerprint density at radius 1 is 1.09 bits per heavy atom. The fourth-order valence-corrected chi connectivity index (χ4v) is 4.24. The molecule has 2 aromatic carbocycles. The predicted molar refractivity (Wildman–Crippen MR) is 127 cm³/mol. The lowest BCUT2D eigenvalue weighted by molar-refractivity contribution is -0.117. The van der Waals surface area contributed by atoms with Gasteiger partial charge in [-0.2, -0.15) is 0 Å². The molecule has 0 aromatic heterocycles. The lowest BCUT2D eigenvalue weighted by Gasteiger charge is -2.28. The molecule has 32 heavy (non-hydrogen) atoms. The van der Waals surface area contributed by atoms with Crippen LogP contribution in [-0.4, -0.2) is 50.1 Å². The molecule has 170 valence electrons. The maximum atomic E-state index is 13.5. The summed E-state index contributed by atoms with van der Waals surface area (Å²) in [5.41, 5.74) is 4.56. The van der Waals surface area contributed by atoms with Crippen LogP contribution in [-0.2, 0) is 16.1 Å². The lowest BCUT2D eigenvalue weighted by atomic mass is 10.1. The smallest absolute Gasteiger partial charge is 0.254 e. The van der Waals surface area contributed by atoms with Crippen molar-refractivity contribution in [2.24, 2.45) is 5.92 Å². The van der Waals surface area contributed by atoms with Gasteiger partial charge in [0.2, 0.25) is 5.91 Å². The van der Waals surface area contributed by atoms with E-state index in [2.05, 4.69) is 5.32 Å². The SMILES string of the molecule is Cc1cccc(C(=O)N(Cc2cc(NC(=O)C3CC3)ccc2N(C)C)CC2CCCO2)c1. The van der Waals surface area contributed by atoms with E-state index in [1.54, 1.807) is 0 Å². The molecule has 1 unspecified atom stereocenters. The Kier molecular flexibility index (Phi) is 6.80. The maximum absolute atomic E-state index is 13.5. The molecule has 1 N–H and O–H groups in total. The van der Waals surface area contributed by atoms with Gasteiger partial charge in [-0.25, -0.2) is 0 Å². The van der Waals surface area contributed by atoms with Gasteiger partial charge < -0.3 is 19.9 Å². The van der Waals surface area contributed by atoms with Gasteiger partial charge in [0.25, 0.3) is 5.91 Å². The molecule has 1 heterocycles. The Hall–Kier alpha value is -2.86. The van der Waals surface area contributed by atoms with Crippen LogP contribution in [0.5, 0.6) is 0 Å². The molecule has 2 amide bonds. The standard InChI is InChI=1S/C26H33N3O3/c1-18-6-4-7-20(14-18)26(31)29(17-23-8-5-13-32-23)16-21-15-22(11-12-24(21)28(2)3)27-25(30)19-9-10-19/h4,6-7,11-12,14-15,19,23H,5,8-10,13,16-17H2,1-3H3,(H,27,30). The normalized spacial score (nSPS) is 17.8. The van der Waals surface area contributed by atoms with Gasteiger partial charge in [-0.15, -0.1) is 0 Å². The number of amides is 2. The number of rotatable bonds is 8. The second-order valence-corrected chi connectivity index (χ2v) is 9.19. The van der Waals surface area contributed by atoms with Gasteiger partial charge in [-0.1, -0.05) is 17.7 Å². The van der Waals surface area contributed by atoms with Gasteiger partial charge >= 0.3 is 0 Å². The summed E-state index contributed by atoms with van der Waals surface area (Å²) in [5.74, 6) is 0.229. The zero-order valence-electron chi connectivity index (χ0n) is 19.3. The van der Waals surface area contributed by atoms with E-state index in [1.807, 2.05) is 73.3 Å². The predicted octanol–water partition coefficient (Wildman–Crippen LogP) is 4.23. The van der Waals surface area contributed by atoms with Crippen LogP contribution in [0, 0.1) is 12.8 Å². The van der Waals surface area contributed by atoms with Crippen LogP contribution in [0.1, 0.15) is 47.2 Å². The summed E-state index contributed by atoms with van der Waals surface area (Å²) in [6.07, 6.45) is 3.99. The molecule has 0 bridgehead atoms. The van der Waals surface area contributed by atoms with Crippen molar-refractivity contribution in [3.8, 4) is 0 Å². The molecule has 2 aromatic rings. The Labute approximate surface area is 190 Å². The minimum atomic E-state index is 0.00123. The Balaban J connectivity index is 1.61. The summed E-state index contributed by atoms with van der Waals surface area (Å²) in [4.78, 5) is 29.7. The minimum absolute atomic E-state index is 0.00123. The van der Waals surface area contributed by atoms with E-state index in [0.717, 1.165) is 54.8 Å². The first kappa shape index (κ1) is 22.3. The number of aryl methyl sites for hydroxylation is 1. The first-order valence-electron chi connectivity index (χ1n) is 11.5. The highest BCUT2D eigenvalue weighted by atomic mass is 16.5. The average molecular weight is 436 g/mol. The third-order valence-electron chi connectivity index (χ3n) is 6.14. The second-order valence-electron chi connectivity index (χ2n) is 9.19. The fourth-order valence-electron chi connectivity index (χ4n) is 4.24. The summed E-state index contributed by atoms with van der Waals surface area (Å²) >= 11 is 0. The highest BCUT2D eigenvalue weighted by Crippen LogP contribution is 2.31. The number of carbonyl (C=O) groups is 2. The minimum Gasteiger partial charge on any atom is -0.377 e. The number of carbonyl (C=O) groups excluding carboxylic acids is 2. The number of benzene rings is 2. The average Bonchev–Trinajstić information content (AvgIpc) is 3.50. The van der Waals surface area contributed by atoms with Gasteiger partial charge in [-0.3, -0.25) is 9.59 Å². The summed E-state index contributed by atoms with van der Waals surface area (Å²) in [6, 6.07) is 13.7. The third kappa shape index (κ3) is 5.49. The molecule has 1 saturated heterocycles. The molecule has 0 spiro atoms. The van der Waals surface area contributed by atoms with Crippen LogP contribution in [0.25, 0.3) is 0 Å². The van der Waals surface area contributed by atoms with E-state index < -0.39 is 0 Å². The molecular formula is C26H33N3O3. The number of ether oxygens (including phenoxy) is 1. The van der Waals surface area contributed by atoms with Crippen molar-refractivity contribution in [1.82, 2.24) is 4.90 Å². The van der Waals surface area contributed by atoms with Crippen LogP contribution in [0.2, 0.25) is 0 Å². The first-order valence-corrected chi connectivity index (χ1v) is 11.5. The Bertz CT molecular complexity index is 978. The number of nitrogens with one attached hydrogen (secondary N) is 1. The van der Waals surface area contributed by atoms with E-state index in [1.165, 1.54) is 0 Å². The van der Waals surface area contributed by atoms with Crippen molar-refractivity contribution in [2.45, 2.75) is 45.3 Å². The molecular weight excluding hydrogens is 402 g/mol. The Morgan fingerprint density at radius 2 is 1.91 bits per heavy atom. The molecule has 6 nitrogen and oxygen atoms in total. The van der Waals surface area contributed by atoms with E-state index >= 15 is 0 Å². The van der Waals surface area contributed by atoms with Crippen LogP contribution in [0.3, 0.4) is 0 Å². The van der Waals surface area contributed by atoms with Gasteiger partial charge in [0.15, 0.2) is 0 Å². The van der Waals surface area contributed by atoms with E-state index in [-0.39, 0.29) is 23.8 Å². The van der Waals surface area contributed by atoms with Gasteiger partial charge in [0, 0.05) is 56.6 Å². The highest BCUT2D eigenvalue weighted by molar-refractivity contribution is 5.95. The topological polar surface area (TPSA) is 61.9 Å². The van der Waals surface area contributed by atoms with E-state index in [9.17, 15) is 9.59 Å². The van der Waals surface area contributed by atoms with Crippen molar-refractivity contribution < 1.29 is 14.3 Å². The number of nitrogens with zero attached hydrogens (tertiary/aromatic N) is 2. The third-order valence-corrected chi connectivity index (χ3v) is 6.14. The number of anilines is 2. The van der Waals surface area contributed by atoms with Gasteiger partial charge in [-0.05, 0) is 68.5 Å². The molecule has 1 saturated carbocycles. The largest absolute Gasteiger partial charge is 0.377 e. The number of hydrogen-bond donors (Lipinski definition) is 1. The first-order chi connectivity index (χ1) is 15.4. The molecule has 2 fully saturated rings. The van der Waals surface area contributed by atoms with Crippen LogP contribution >= 0.6 is 0 Å². The van der Waals surface area contributed by atoms with Crippen LogP contribution in [0.4, 0.5) is 11.4 Å². The van der Waals surface area contributed by atoms with E-state index in [0.29, 0.717) is 18.7 Å². The van der Waals surface area contributed by atoms with Gasteiger partial charge in [0.1, 0.15) is 0 Å². The molecule has 2 aliphatic rings. The van der Waals surface area contributed by atoms with Gasteiger partial charge in [0.05, 0.1) is 6.10 Å². The molecule has 1 aliphatic carbocycles. The van der Waals surface area contributed by atoms with Crippen molar-refractivity contribution in [2.75, 3.05) is 37.5 Å². The Morgan fingerprint density at radius 3 is 2.56 bits per heavy atom. The summed E-state index contributed by atoms with van der Waals surface area (Å²) in [6.45, 7) is 3.76. The van der Waals surface area contributed by atoms with E-state index in [4.69, 9.17) is 4.74 Å². The zero-order chi connectivity index (χ0) is 22.7. The zero-order valence-corrected chi connectivity index (χ0v) is 19.3. The molecule has 6 heteroatoms. The lowest BCUT2D eigenvalue weighted by Crippen LogP contribution is -2.37. The molecule has 4 rings (SSSR count). The van der Waals surface area contributed by atoms with Crippen molar-refractivity contribution >= 4 is 23.2 Å². The van der Waals surface area contributed by atoms with Crippen molar-refractivity contribution in [1.29, 1.82) is 0 Å². The van der Waals surface area contributed by atoms with Crippen LogP contribution < -0.4 is 10.2 Å². The maximum Gasteiger partial charge on any atom is 0.254 e. The van der Waals surface area contributed by atoms with Crippen molar-refractivity contribution in [3.05, 3.63) is 59.2 Å². The molecule has 1 aliphatic heterocycles. The summed E-state index contributed by atoms with van der Waals surface area (Å²) in [5, 5.41) is 3.04. The van der Waals surface area contributed by atoms with Crippen molar-refractivity contribution in [3.63, 3.8) is 0 Å². The molecule has 0 radical (unpaired) electrons. The van der Waals surface area contributed by atoms with Crippen LogP contribution in [0.15, 0.2) is 42.5 Å².